The zero-order valence-electron chi connectivity index (χ0n) is 16.0. The van der Waals surface area contributed by atoms with E-state index in [4.69, 9.17) is 9.47 Å². The van der Waals surface area contributed by atoms with Gasteiger partial charge >= 0.3 is 0 Å². The molecule has 1 unspecified atom stereocenters. The van der Waals surface area contributed by atoms with Gasteiger partial charge in [-0.3, -0.25) is 4.79 Å². The Balaban J connectivity index is 1.50. The van der Waals surface area contributed by atoms with E-state index < -0.39 is 0 Å². The normalized spacial score (nSPS) is 15.3. The van der Waals surface area contributed by atoms with E-state index >= 15 is 0 Å². The summed E-state index contributed by atoms with van der Waals surface area (Å²) in [6.07, 6.45) is 1.43. The molecule has 1 aliphatic rings. The number of benzene rings is 2. The third-order valence-corrected chi connectivity index (χ3v) is 4.90. The van der Waals surface area contributed by atoms with Gasteiger partial charge in [-0.1, -0.05) is 30.3 Å². The van der Waals surface area contributed by atoms with Crippen molar-refractivity contribution in [2.75, 3.05) is 19.7 Å². The zero-order valence-corrected chi connectivity index (χ0v) is 16.0. The molecule has 0 aliphatic carbocycles. The highest BCUT2D eigenvalue weighted by atomic mass is 16.6. The number of para-hydroxylation sites is 3. The molecule has 1 aromatic heterocycles. The molecule has 4 rings (SSSR count). The van der Waals surface area contributed by atoms with Crippen LogP contribution in [-0.2, 0) is 0 Å². The lowest BCUT2D eigenvalue weighted by atomic mass is 10.2. The molecule has 0 radical (unpaired) electrons. The number of carbonyl (C=O) groups is 1. The van der Waals surface area contributed by atoms with Crippen molar-refractivity contribution in [3.63, 3.8) is 0 Å². The van der Waals surface area contributed by atoms with Gasteiger partial charge in [-0.15, -0.1) is 0 Å². The maximum absolute atomic E-state index is 13.1. The van der Waals surface area contributed by atoms with E-state index in [-0.39, 0.29) is 12.0 Å². The fourth-order valence-corrected chi connectivity index (χ4v) is 3.37. The van der Waals surface area contributed by atoms with Crippen molar-refractivity contribution in [1.82, 2.24) is 14.7 Å². The quantitative estimate of drug-likeness (QED) is 0.683. The molecule has 0 N–H and O–H groups in total. The topological polar surface area (TPSA) is 56.6 Å². The van der Waals surface area contributed by atoms with Crippen LogP contribution in [0.25, 0.3) is 5.69 Å². The lowest BCUT2D eigenvalue weighted by Gasteiger charge is -2.30. The van der Waals surface area contributed by atoms with E-state index in [1.165, 1.54) is 0 Å². The third kappa shape index (κ3) is 3.45. The molecule has 6 nitrogen and oxygen atoms in total. The van der Waals surface area contributed by atoms with Gasteiger partial charge < -0.3 is 14.4 Å². The standard InChI is InChI=1S/C22H23N3O3/c1-3-24(14-18-15-27-20-11-7-8-12-21(20)28-18)22(26)19-13-23-25(16(19)2)17-9-5-4-6-10-17/h4-13,18H,3,14-15H2,1-2H3. The maximum Gasteiger partial charge on any atom is 0.257 e. The van der Waals surface area contributed by atoms with Crippen LogP contribution >= 0.6 is 0 Å². The van der Waals surface area contributed by atoms with Crippen LogP contribution in [0.2, 0.25) is 0 Å². The summed E-state index contributed by atoms with van der Waals surface area (Å²) in [5, 5.41) is 4.41. The second-order valence-corrected chi connectivity index (χ2v) is 6.73. The predicted octanol–water partition coefficient (Wildman–Crippen LogP) is 3.48. The highest BCUT2D eigenvalue weighted by Gasteiger charge is 2.27. The van der Waals surface area contributed by atoms with E-state index in [1.54, 1.807) is 15.8 Å². The van der Waals surface area contributed by atoms with Crippen molar-refractivity contribution in [3.8, 4) is 17.2 Å². The molecule has 2 heterocycles. The highest BCUT2D eigenvalue weighted by Crippen LogP contribution is 2.31. The van der Waals surface area contributed by atoms with E-state index in [1.807, 2.05) is 68.4 Å². The molecule has 0 spiro atoms. The molecule has 0 fully saturated rings. The van der Waals surface area contributed by atoms with Gasteiger partial charge in [-0.2, -0.15) is 5.10 Å². The number of nitrogens with zero attached hydrogens (tertiary/aromatic N) is 3. The number of hydrogen-bond donors (Lipinski definition) is 0. The molecule has 2 aromatic carbocycles. The number of rotatable bonds is 5. The first-order valence-electron chi connectivity index (χ1n) is 9.45. The number of amides is 1. The van der Waals surface area contributed by atoms with Crippen LogP contribution in [-0.4, -0.2) is 46.4 Å². The fourth-order valence-electron chi connectivity index (χ4n) is 3.37. The average Bonchev–Trinajstić information content (AvgIpc) is 3.13. The minimum Gasteiger partial charge on any atom is -0.486 e. The molecule has 144 valence electrons. The zero-order chi connectivity index (χ0) is 19.5. The van der Waals surface area contributed by atoms with Gasteiger partial charge in [0, 0.05) is 6.54 Å². The Morgan fingerprint density at radius 2 is 1.86 bits per heavy atom. The monoisotopic (exact) mass is 377 g/mol. The van der Waals surface area contributed by atoms with Crippen LogP contribution in [0.4, 0.5) is 0 Å². The Labute approximate surface area is 164 Å². The van der Waals surface area contributed by atoms with Gasteiger partial charge in [0.25, 0.3) is 5.91 Å². The molecule has 1 amide bonds. The number of aromatic nitrogens is 2. The molecular weight excluding hydrogens is 354 g/mol. The number of likely N-dealkylation sites (N-methyl/N-ethyl adjacent to an activating group) is 1. The fraction of sp³-hybridized carbons (Fsp3) is 0.273. The van der Waals surface area contributed by atoms with Crippen molar-refractivity contribution >= 4 is 5.91 Å². The second-order valence-electron chi connectivity index (χ2n) is 6.73. The summed E-state index contributed by atoms with van der Waals surface area (Å²) < 4.78 is 13.6. The Bertz CT molecular complexity index is 968. The van der Waals surface area contributed by atoms with Crippen LogP contribution in [0, 0.1) is 6.92 Å². The van der Waals surface area contributed by atoms with Crippen LogP contribution in [0.15, 0.2) is 60.8 Å². The molecule has 1 atom stereocenters. The Hall–Kier alpha value is -3.28. The largest absolute Gasteiger partial charge is 0.486 e. The lowest BCUT2D eigenvalue weighted by Crippen LogP contribution is -2.43. The average molecular weight is 377 g/mol. The summed E-state index contributed by atoms with van der Waals surface area (Å²) in [7, 11) is 0. The SMILES string of the molecule is CCN(CC1COc2ccccc2O1)C(=O)c1cnn(-c2ccccc2)c1C. The molecular formula is C22H23N3O3. The van der Waals surface area contributed by atoms with Gasteiger partial charge in [0.15, 0.2) is 17.6 Å². The first-order valence-corrected chi connectivity index (χ1v) is 9.45. The van der Waals surface area contributed by atoms with Crippen molar-refractivity contribution < 1.29 is 14.3 Å². The van der Waals surface area contributed by atoms with Gasteiger partial charge in [0.1, 0.15) is 6.61 Å². The molecule has 1 aliphatic heterocycles. The maximum atomic E-state index is 13.1. The van der Waals surface area contributed by atoms with Crippen LogP contribution < -0.4 is 9.47 Å². The first kappa shape index (κ1) is 18.1. The second kappa shape index (κ2) is 7.76. The third-order valence-electron chi connectivity index (χ3n) is 4.90. The predicted molar refractivity (Wildman–Crippen MR) is 106 cm³/mol. The van der Waals surface area contributed by atoms with Crippen molar-refractivity contribution in [1.29, 1.82) is 0 Å². The summed E-state index contributed by atoms with van der Waals surface area (Å²) in [6, 6.07) is 17.4. The minimum absolute atomic E-state index is 0.0513. The number of carbonyl (C=O) groups excluding carboxylic acids is 1. The molecule has 0 saturated carbocycles. The van der Waals surface area contributed by atoms with Gasteiger partial charge in [0.2, 0.25) is 0 Å². The summed E-state index contributed by atoms with van der Waals surface area (Å²) >= 11 is 0. The molecule has 6 heteroatoms. The Morgan fingerprint density at radius 3 is 2.61 bits per heavy atom. The van der Waals surface area contributed by atoms with E-state index in [9.17, 15) is 4.79 Å². The van der Waals surface area contributed by atoms with E-state index in [0.717, 1.165) is 22.9 Å². The van der Waals surface area contributed by atoms with E-state index in [2.05, 4.69) is 5.10 Å². The summed E-state index contributed by atoms with van der Waals surface area (Å²) in [4.78, 5) is 14.9. The Kier molecular flexibility index (Phi) is 5.02. The van der Waals surface area contributed by atoms with Crippen LogP contribution in [0.1, 0.15) is 23.0 Å². The Morgan fingerprint density at radius 1 is 1.14 bits per heavy atom. The number of ether oxygens (including phenoxy) is 2. The molecule has 28 heavy (non-hydrogen) atoms. The van der Waals surface area contributed by atoms with Gasteiger partial charge in [0.05, 0.1) is 29.7 Å². The highest BCUT2D eigenvalue weighted by molar-refractivity contribution is 5.95. The smallest absolute Gasteiger partial charge is 0.257 e. The van der Waals surface area contributed by atoms with Crippen LogP contribution in [0.5, 0.6) is 11.5 Å². The van der Waals surface area contributed by atoms with Crippen molar-refractivity contribution in [3.05, 3.63) is 72.1 Å². The van der Waals surface area contributed by atoms with Crippen LogP contribution in [0.3, 0.4) is 0 Å². The lowest BCUT2D eigenvalue weighted by molar-refractivity contribution is 0.0474. The van der Waals surface area contributed by atoms with E-state index in [0.29, 0.717) is 25.3 Å². The number of fused-ring (bicyclic) bond motifs is 1. The number of hydrogen-bond acceptors (Lipinski definition) is 4. The summed E-state index contributed by atoms with van der Waals surface area (Å²) in [6.45, 7) is 5.34. The van der Waals surface area contributed by atoms with Crippen molar-refractivity contribution in [2.24, 2.45) is 0 Å². The summed E-state index contributed by atoms with van der Waals surface area (Å²) in [5.74, 6) is 1.41. The summed E-state index contributed by atoms with van der Waals surface area (Å²) in [5.41, 5.74) is 2.35. The molecule has 0 bridgehead atoms. The van der Waals surface area contributed by atoms with Gasteiger partial charge in [-0.05, 0) is 38.1 Å². The first-order chi connectivity index (χ1) is 13.7. The molecule has 0 saturated heterocycles. The minimum atomic E-state index is -0.205. The molecule has 3 aromatic rings. The van der Waals surface area contributed by atoms with Crippen molar-refractivity contribution in [2.45, 2.75) is 20.0 Å². The van der Waals surface area contributed by atoms with Gasteiger partial charge in [-0.25, -0.2) is 4.68 Å².